The topological polar surface area (TPSA) is 103 Å². The maximum absolute atomic E-state index is 12.4. The summed E-state index contributed by atoms with van der Waals surface area (Å²) in [6.07, 6.45) is -1.05. The van der Waals surface area contributed by atoms with E-state index in [1.807, 2.05) is 12.1 Å². The van der Waals surface area contributed by atoms with Crippen molar-refractivity contribution in [2.75, 3.05) is 32.1 Å². The van der Waals surface area contributed by atoms with Crippen molar-refractivity contribution in [2.24, 2.45) is 0 Å². The van der Waals surface area contributed by atoms with E-state index in [0.717, 1.165) is 13.0 Å². The molecule has 4 rings (SSSR count). The zero-order valence-electron chi connectivity index (χ0n) is 17.5. The molecule has 0 saturated carbocycles. The van der Waals surface area contributed by atoms with Gasteiger partial charge in [0.05, 0.1) is 25.9 Å². The zero-order chi connectivity index (χ0) is 21.8. The molecule has 2 aromatic carbocycles. The van der Waals surface area contributed by atoms with Gasteiger partial charge in [0.1, 0.15) is 18.0 Å². The molecule has 2 aliphatic heterocycles. The smallest absolute Gasteiger partial charge is 0.319 e. The van der Waals surface area contributed by atoms with Gasteiger partial charge >= 0.3 is 6.03 Å². The fraction of sp³-hybridized carbons (Fsp3) is 0.435. The number of methoxy groups -OCH3 is 1. The molecule has 0 aromatic heterocycles. The molecule has 166 valence electrons. The largest absolute Gasteiger partial charge is 0.497 e. The molecule has 8 heteroatoms. The van der Waals surface area contributed by atoms with Gasteiger partial charge in [-0.2, -0.15) is 0 Å². The van der Waals surface area contributed by atoms with Crippen LogP contribution in [0.1, 0.15) is 11.1 Å². The second-order valence-electron chi connectivity index (χ2n) is 7.93. The van der Waals surface area contributed by atoms with Crippen LogP contribution in [0.3, 0.4) is 0 Å². The fourth-order valence-electron chi connectivity index (χ4n) is 4.44. The highest BCUT2D eigenvalue weighted by molar-refractivity contribution is 5.89. The lowest BCUT2D eigenvalue weighted by atomic mass is 9.95. The van der Waals surface area contributed by atoms with Crippen molar-refractivity contribution in [1.82, 2.24) is 10.2 Å². The molecule has 31 heavy (non-hydrogen) atoms. The van der Waals surface area contributed by atoms with Gasteiger partial charge in [0.15, 0.2) is 0 Å². The van der Waals surface area contributed by atoms with Crippen molar-refractivity contribution in [1.29, 1.82) is 0 Å². The molecule has 4 N–H and O–H groups in total. The Morgan fingerprint density at radius 1 is 1.19 bits per heavy atom. The van der Waals surface area contributed by atoms with Crippen LogP contribution < -0.4 is 15.4 Å². The summed E-state index contributed by atoms with van der Waals surface area (Å²) in [5, 5.41) is 26.0. The third kappa shape index (κ3) is 4.83. The molecule has 1 saturated heterocycles. The number of aliphatic hydroxyl groups is 2. The highest BCUT2D eigenvalue weighted by Gasteiger charge is 2.46. The van der Waals surface area contributed by atoms with Crippen molar-refractivity contribution < 1.29 is 24.5 Å². The first-order valence-corrected chi connectivity index (χ1v) is 10.5. The molecule has 8 nitrogen and oxygen atoms in total. The van der Waals surface area contributed by atoms with Gasteiger partial charge in [-0.05, 0) is 29.7 Å². The SMILES string of the molecule is COc1cccc(NC(=O)NCC2OC(CO)C(O)C2N2CCc3ccccc3C2)c1. The van der Waals surface area contributed by atoms with E-state index in [1.54, 1.807) is 31.4 Å². The van der Waals surface area contributed by atoms with Crippen LogP contribution in [-0.4, -0.2) is 72.3 Å². The van der Waals surface area contributed by atoms with Crippen LogP contribution in [0.5, 0.6) is 5.75 Å². The molecule has 2 amide bonds. The van der Waals surface area contributed by atoms with E-state index in [0.29, 0.717) is 18.0 Å². The monoisotopic (exact) mass is 427 g/mol. The Kier molecular flexibility index (Phi) is 6.72. The summed E-state index contributed by atoms with van der Waals surface area (Å²) < 4.78 is 11.1. The van der Waals surface area contributed by atoms with E-state index in [2.05, 4.69) is 27.7 Å². The van der Waals surface area contributed by atoms with E-state index >= 15 is 0 Å². The van der Waals surface area contributed by atoms with Crippen LogP contribution in [0.2, 0.25) is 0 Å². The maximum atomic E-state index is 12.4. The number of ether oxygens (including phenoxy) is 2. The number of carbonyl (C=O) groups excluding carboxylic acids is 1. The third-order valence-corrected chi connectivity index (χ3v) is 6.01. The number of amides is 2. The number of benzene rings is 2. The Labute approximate surface area is 181 Å². The van der Waals surface area contributed by atoms with Crippen molar-refractivity contribution >= 4 is 11.7 Å². The molecule has 0 radical (unpaired) electrons. The minimum Gasteiger partial charge on any atom is -0.497 e. The number of aliphatic hydroxyl groups excluding tert-OH is 2. The van der Waals surface area contributed by atoms with Gasteiger partial charge in [0.2, 0.25) is 0 Å². The zero-order valence-corrected chi connectivity index (χ0v) is 17.5. The Morgan fingerprint density at radius 2 is 2.00 bits per heavy atom. The summed E-state index contributed by atoms with van der Waals surface area (Å²) in [7, 11) is 1.57. The highest BCUT2D eigenvalue weighted by Crippen LogP contribution is 2.30. The number of anilines is 1. The van der Waals surface area contributed by atoms with Gasteiger partial charge in [-0.1, -0.05) is 30.3 Å². The standard InChI is InChI=1S/C23H29N3O5/c1-30-18-8-4-7-17(11-18)25-23(29)24-12-19-21(22(28)20(14-27)31-19)26-10-9-15-5-2-3-6-16(15)13-26/h2-8,11,19-22,27-28H,9-10,12-14H2,1H3,(H2,24,25,29). The first kappa shape index (κ1) is 21.6. The van der Waals surface area contributed by atoms with Gasteiger partial charge in [-0.3, -0.25) is 4.90 Å². The van der Waals surface area contributed by atoms with Crippen molar-refractivity contribution in [3.05, 3.63) is 59.7 Å². The Hall–Kier alpha value is -2.65. The summed E-state index contributed by atoms with van der Waals surface area (Å²) in [6.45, 7) is 1.43. The summed E-state index contributed by atoms with van der Waals surface area (Å²) >= 11 is 0. The first-order valence-electron chi connectivity index (χ1n) is 10.5. The second kappa shape index (κ2) is 9.65. The molecule has 4 unspecified atom stereocenters. The highest BCUT2D eigenvalue weighted by atomic mass is 16.5. The fourth-order valence-corrected chi connectivity index (χ4v) is 4.44. The second-order valence-corrected chi connectivity index (χ2v) is 7.93. The molecule has 2 aromatic rings. The van der Waals surface area contributed by atoms with Gasteiger partial charge in [0, 0.05) is 31.4 Å². The lowest BCUT2D eigenvalue weighted by Gasteiger charge is -2.37. The number of fused-ring (bicyclic) bond motifs is 1. The Balaban J connectivity index is 1.40. The van der Waals surface area contributed by atoms with Gasteiger partial charge in [0.25, 0.3) is 0 Å². The summed E-state index contributed by atoms with van der Waals surface area (Å²) in [4.78, 5) is 14.6. The number of urea groups is 1. The lowest BCUT2D eigenvalue weighted by Crippen LogP contribution is -2.52. The summed E-state index contributed by atoms with van der Waals surface area (Å²) in [5.74, 6) is 0.649. The molecule has 0 aliphatic carbocycles. The Bertz CT molecular complexity index is 908. The number of nitrogens with zero attached hydrogens (tertiary/aromatic N) is 1. The molecule has 0 spiro atoms. The van der Waals surface area contributed by atoms with Gasteiger partial charge < -0.3 is 30.3 Å². The summed E-state index contributed by atoms with van der Waals surface area (Å²) in [6, 6.07) is 14.7. The molecule has 2 aliphatic rings. The molecule has 1 fully saturated rings. The molecule has 0 bridgehead atoms. The minimum absolute atomic E-state index is 0.214. The predicted molar refractivity (Wildman–Crippen MR) is 116 cm³/mol. The van der Waals surface area contributed by atoms with E-state index in [9.17, 15) is 15.0 Å². The van der Waals surface area contributed by atoms with E-state index in [4.69, 9.17) is 9.47 Å². The molecular formula is C23H29N3O5. The molecule has 4 atom stereocenters. The third-order valence-electron chi connectivity index (χ3n) is 6.01. The van der Waals surface area contributed by atoms with Crippen molar-refractivity contribution in [3.8, 4) is 5.75 Å². The van der Waals surface area contributed by atoms with Gasteiger partial charge in [-0.15, -0.1) is 0 Å². The number of hydrogen-bond donors (Lipinski definition) is 4. The average molecular weight is 428 g/mol. The number of hydrogen-bond acceptors (Lipinski definition) is 6. The molecular weight excluding hydrogens is 398 g/mol. The quantitative estimate of drug-likeness (QED) is 0.555. The van der Waals surface area contributed by atoms with E-state index < -0.39 is 18.3 Å². The lowest BCUT2D eigenvalue weighted by molar-refractivity contribution is -0.0205. The number of nitrogens with one attached hydrogen (secondary N) is 2. The number of carbonyl (C=O) groups is 1. The van der Waals surface area contributed by atoms with Crippen LogP contribution in [0.15, 0.2) is 48.5 Å². The van der Waals surface area contributed by atoms with Crippen LogP contribution in [0, 0.1) is 0 Å². The minimum atomic E-state index is -0.830. The number of rotatable bonds is 6. The maximum Gasteiger partial charge on any atom is 0.319 e. The van der Waals surface area contributed by atoms with Crippen LogP contribution in [-0.2, 0) is 17.7 Å². The van der Waals surface area contributed by atoms with Crippen LogP contribution in [0.4, 0.5) is 10.5 Å². The Morgan fingerprint density at radius 3 is 2.77 bits per heavy atom. The van der Waals surface area contributed by atoms with Crippen molar-refractivity contribution in [3.63, 3.8) is 0 Å². The van der Waals surface area contributed by atoms with Crippen LogP contribution in [0.25, 0.3) is 0 Å². The molecule has 2 heterocycles. The van der Waals surface area contributed by atoms with E-state index in [1.165, 1.54) is 11.1 Å². The normalized spacial score (nSPS) is 25.6. The van der Waals surface area contributed by atoms with Gasteiger partial charge in [-0.25, -0.2) is 4.79 Å². The summed E-state index contributed by atoms with van der Waals surface area (Å²) in [5.41, 5.74) is 3.16. The van der Waals surface area contributed by atoms with Crippen LogP contribution >= 0.6 is 0 Å². The first-order chi connectivity index (χ1) is 15.1. The van der Waals surface area contributed by atoms with Crippen molar-refractivity contribution in [2.45, 2.75) is 37.3 Å². The van der Waals surface area contributed by atoms with E-state index in [-0.39, 0.29) is 25.2 Å². The predicted octanol–water partition coefficient (Wildman–Crippen LogP) is 1.36. The average Bonchev–Trinajstić information content (AvgIpc) is 3.12.